The van der Waals surface area contributed by atoms with E-state index in [0.29, 0.717) is 16.5 Å². The Morgan fingerprint density at radius 1 is 1.23 bits per heavy atom. The molecule has 0 aliphatic heterocycles. The van der Waals surface area contributed by atoms with Gasteiger partial charge in [0.2, 0.25) is 0 Å². The number of esters is 1. The van der Waals surface area contributed by atoms with E-state index in [1.54, 1.807) is 18.2 Å². The van der Waals surface area contributed by atoms with Crippen molar-refractivity contribution < 1.29 is 14.1 Å². The highest BCUT2D eigenvalue weighted by molar-refractivity contribution is 6.30. The van der Waals surface area contributed by atoms with Gasteiger partial charge in [0.05, 0.1) is 5.92 Å². The van der Waals surface area contributed by atoms with Crippen molar-refractivity contribution >= 4 is 17.6 Å². The molecule has 0 bridgehead atoms. The maximum atomic E-state index is 12.3. The quantitative estimate of drug-likeness (QED) is 0.554. The van der Waals surface area contributed by atoms with Gasteiger partial charge in [-0.15, -0.1) is 0 Å². The number of rotatable bonds is 7. The van der Waals surface area contributed by atoms with E-state index in [-0.39, 0.29) is 18.5 Å². The lowest BCUT2D eigenvalue weighted by Gasteiger charge is -2.27. The van der Waals surface area contributed by atoms with Crippen LogP contribution in [-0.4, -0.2) is 11.1 Å². The van der Waals surface area contributed by atoms with Gasteiger partial charge in [-0.05, 0) is 55.9 Å². The van der Waals surface area contributed by atoms with E-state index in [1.807, 2.05) is 12.1 Å². The van der Waals surface area contributed by atoms with E-state index in [0.717, 1.165) is 37.2 Å². The van der Waals surface area contributed by atoms with Crippen LogP contribution in [0.5, 0.6) is 0 Å². The third-order valence-corrected chi connectivity index (χ3v) is 5.45. The Balaban J connectivity index is 1.46. The van der Waals surface area contributed by atoms with Crippen molar-refractivity contribution in [2.75, 3.05) is 0 Å². The number of carbonyl (C=O) groups is 1. The smallest absolute Gasteiger partial charge is 0.309 e. The largest absolute Gasteiger partial charge is 0.459 e. The summed E-state index contributed by atoms with van der Waals surface area (Å²) in [6.45, 7) is 2.39. The fourth-order valence-electron chi connectivity index (χ4n) is 3.57. The molecule has 3 rings (SSSR count). The molecule has 1 aliphatic rings. The first-order chi connectivity index (χ1) is 12.7. The molecule has 1 aromatic heterocycles. The van der Waals surface area contributed by atoms with Crippen molar-refractivity contribution in [2.45, 2.75) is 58.5 Å². The van der Waals surface area contributed by atoms with E-state index in [1.165, 1.54) is 19.3 Å². The van der Waals surface area contributed by atoms with Crippen LogP contribution < -0.4 is 0 Å². The molecular weight excluding hydrogens is 350 g/mol. The van der Waals surface area contributed by atoms with Crippen LogP contribution in [-0.2, 0) is 16.1 Å². The summed E-state index contributed by atoms with van der Waals surface area (Å²) in [4.78, 5) is 12.3. The van der Waals surface area contributed by atoms with Crippen LogP contribution >= 0.6 is 11.6 Å². The number of carbonyl (C=O) groups excluding carboxylic acids is 1. The molecule has 0 amide bonds. The molecule has 4 nitrogen and oxygen atoms in total. The molecule has 0 radical (unpaired) electrons. The highest BCUT2D eigenvalue weighted by Gasteiger charge is 2.27. The van der Waals surface area contributed by atoms with Gasteiger partial charge in [0.15, 0.2) is 5.76 Å². The van der Waals surface area contributed by atoms with E-state index < -0.39 is 0 Å². The summed E-state index contributed by atoms with van der Waals surface area (Å²) >= 11 is 5.89. The highest BCUT2D eigenvalue weighted by atomic mass is 35.5. The second-order valence-corrected chi connectivity index (χ2v) is 7.59. The monoisotopic (exact) mass is 375 g/mol. The van der Waals surface area contributed by atoms with Gasteiger partial charge in [-0.25, -0.2) is 0 Å². The molecule has 1 fully saturated rings. The SMILES string of the molecule is CCCCC1CCC(C(=O)OCc2cc(-c3ccc(Cl)cc3)on2)CC1. The number of nitrogens with zero attached hydrogens (tertiary/aromatic N) is 1. The summed E-state index contributed by atoms with van der Waals surface area (Å²) in [6.07, 6.45) is 8.02. The van der Waals surface area contributed by atoms with Gasteiger partial charge in [-0.2, -0.15) is 0 Å². The first-order valence-corrected chi connectivity index (χ1v) is 9.91. The Bertz CT molecular complexity index is 702. The normalized spacial score (nSPS) is 20.1. The molecule has 1 aromatic carbocycles. The van der Waals surface area contributed by atoms with Crippen LogP contribution in [0.25, 0.3) is 11.3 Å². The van der Waals surface area contributed by atoms with Gasteiger partial charge in [0, 0.05) is 16.7 Å². The van der Waals surface area contributed by atoms with Gasteiger partial charge >= 0.3 is 5.97 Å². The van der Waals surface area contributed by atoms with Crippen molar-refractivity contribution in [3.05, 3.63) is 41.0 Å². The predicted octanol–water partition coefficient (Wildman–Crippen LogP) is 6.03. The molecule has 2 aromatic rings. The van der Waals surface area contributed by atoms with Gasteiger partial charge in [0.25, 0.3) is 0 Å². The second kappa shape index (κ2) is 9.22. The molecule has 5 heteroatoms. The molecule has 0 saturated heterocycles. The van der Waals surface area contributed by atoms with Crippen molar-refractivity contribution in [1.29, 1.82) is 0 Å². The van der Waals surface area contributed by atoms with Crippen LogP contribution in [0, 0.1) is 11.8 Å². The standard InChI is InChI=1S/C21H26ClNO3/c1-2-3-4-15-5-7-17(8-6-15)21(24)25-14-19-13-20(26-23-19)16-9-11-18(22)12-10-16/h9-13,15,17H,2-8,14H2,1H3. The average Bonchev–Trinajstić information content (AvgIpc) is 3.14. The van der Waals surface area contributed by atoms with Crippen LogP contribution in [0.1, 0.15) is 57.6 Å². The van der Waals surface area contributed by atoms with Crippen molar-refractivity contribution in [2.24, 2.45) is 11.8 Å². The second-order valence-electron chi connectivity index (χ2n) is 7.16. The number of hydrogen-bond acceptors (Lipinski definition) is 4. The number of hydrogen-bond donors (Lipinski definition) is 0. The fourth-order valence-corrected chi connectivity index (χ4v) is 3.70. The molecular formula is C21H26ClNO3. The number of aromatic nitrogens is 1. The van der Waals surface area contributed by atoms with E-state index >= 15 is 0 Å². The minimum atomic E-state index is -0.102. The van der Waals surface area contributed by atoms with Crippen molar-refractivity contribution in [1.82, 2.24) is 5.16 Å². The Hall–Kier alpha value is -1.81. The summed E-state index contributed by atoms with van der Waals surface area (Å²) in [5.41, 5.74) is 1.52. The molecule has 1 aliphatic carbocycles. The first-order valence-electron chi connectivity index (χ1n) is 9.54. The maximum absolute atomic E-state index is 12.3. The molecule has 0 spiro atoms. The number of halogens is 1. The van der Waals surface area contributed by atoms with E-state index in [9.17, 15) is 4.79 Å². The topological polar surface area (TPSA) is 52.3 Å². The lowest BCUT2D eigenvalue weighted by molar-refractivity contribution is -0.151. The Kier molecular flexibility index (Phi) is 6.73. The summed E-state index contributed by atoms with van der Waals surface area (Å²) < 4.78 is 10.8. The Morgan fingerprint density at radius 2 is 1.96 bits per heavy atom. The third kappa shape index (κ3) is 5.10. The molecule has 0 N–H and O–H groups in total. The van der Waals surface area contributed by atoms with Crippen LogP contribution in [0.3, 0.4) is 0 Å². The fraction of sp³-hybridized carbons (Fsp3) is 0.524. The highest BCUT2D eigenvalue weighted by Crippen LogP contribution is 2.32. The van der Waals surface area contributed by atoms with E-state index in [2.05, 4.69) is 12.1 Å². The summed E-state index contributed by atoms with van der Waals surface area (Å²) in [5, 5.41) is 4.67. The van der Waals surface area contributed by atoms with Crippen molar-refractivity contribution in [3.8, 4) is 11.3 Å². The van der Waals surface area contributed by atoms with Crippen LogP contribution in [0.4, 0.5) is 0 Å². The molecule has 1 saturated carbocycles. The zero-order valence-electron chi connectivity index (χ0n) is 15.2. The van der Waals surface area contributed by atoms with Crippen LogP contribution in [0.2, 0.25) is 5.02 Å². The minimum Gasteiger partial charge on any atom is -0.459 e. The molecule has 0 atom stereocenters. The number of ether oxygens (including phenoxy) is 1. The number of benzene rings is 1. The predicted molar refractivity (Wildman–Crippen MR) is 102 cm³/mol. The van der Waals surface area contributed by atoms with Crippen LogP contribution in [0.15, 0.2) is 34.9 Å². The average molecular weight is 376 g/mol. The molecule has 26 heavy (non-hydrogen) atoms. The number of unbranched alkanes of at least 4 members (excludes halogenated alkanes) is 1. The summed E-state index contributed by atoms with van der Waals surface area (Å²) in [5.74, 6) is 1.37. The summed E-state index contributed by atoms with van der Waals surface area (Å²) in [7, 11) is 0. The molecule has 140 valence electrons. The minimum absolute atomic E-state index is 0.0375. The first kappa shape index (κ1) is 19.0. The molecule has 0 unspecified atom stereocenters. The van der Waals surface area contributed by atoms with Crippen molar-refractivity contribution in [3.63, 3.8) is 0 Å². The summed E-state index contributed by atoms with van der Waals surface area (Å²) in [6, 6.07) is 9.15. The Morgan fingerprint density at radius 3 is 2.65 bits per heavy atom. The maximum Gasteiger partial charge on any atom is 0.309 e. The lowest BCUT2D eigenvalue weighted by atomic mass is 9.80. The van der Waals surface area contributed by atoms with Gasteiger partial charge in [0.1, 0.15) is 12.3 Å². The Labute approximate surface area is 159 Å². The molecule has 1 heterocycles. The van der Waals surface area contributed by atoms with Gasteiger partial charge in [-0.1, -0.05) is 42.9 Å². The zero-order valence-corrected chi connectivity index (χ0v) is 16.0. The van der Waals surface area contributed by atoms with Gasteiger partial charge in [-0.3, -0.25) is 4.79 Å². The lowest BCUT2D eigenvalue weighted by Crippen LogP contribution is -2.23. The van der Waals surface area contributed by atoms with E-state index in [4.69, 9.17) is 20.9 Å². The zero-order chi connectivity index (χ0) is 18.4. The third-order valence-electron chi connectivity index (χ3n) is 5.20. The van der Waals surface area contributed by atoms with Gasteiger partial charge < -0.3 is 9.26 Å².